The van der Waals surface area contributed by atoms with Gasteiger partial charge in [0.05, 0.1) is 22.5 Å². The molecule has 5 rings (SSSR count). The van der Waals surface area contributed by atoms with Gasteiger partial charge in [0.1, 0.15) is 5.82 Å². The second-order valence-corrected chi connectivity index (χ2v) is 9.76. The van der Waals surface area contributed by atoms with E-state index in [4.69, 9.17) is 28.9 Å². The number of carbonyl (C=O) groups excluding carboxylic acids is 1. The molecular weight excluding hydrogens is 511 g/mol. The molecule has 37 heavy (non-hydrogen) atoms. The zero-order valence-corrected chi connectivity index (χ0v) is 20.9. The molecule has 0 saturated carbocycles. The average molecular weight is 531 g/mol. The van der Waals surface area contributed by atoms with E-state index < -0.39 is 10.8 Å². The van der Waals surface area contributed by atoms with Gasteiger partial charge in [0.25, 0.3) is 5.69 Å². The van der Waals surface area contributed by atoms with Gasteiger partial charge >= 0.3 is 0 Å². The van der Waals surface area contributed by atoms with Crippen molar-refractivity contribution in [3.8, 4) is 6.07 Å². The van der Waals surface area contributed by atoms with Crippen molar-refractivity contribution in [3.63, 3.8) is 0 Å². The molecule has 0 spiro atoms. The molecule has 0 radical (unpaired) electrons. The Kier molecular flexibility index (Phi) is 6.46. The molecule has 1 aliphatic carbocycles. The Hall–Kier alpha value is -4.12. The van der Waals surface area contributed by atoms with Crippen LogP contribution in [0, 0.1) is 21.4 Å². The number of non-ortho nitro benzene ring substituents is 1. The van der Waals surface area contributed by atoms with Gasteiger partial charge in [-0.2, -0.15) is 5.26 Å². The molecule has 1 heterocycles. The number of rotatable bonds is 4. The normalized spacial score (nSPS) is 19.5. The number of nitro benzene ring substituents is 1. The number of carbonyl (C=O) groups is 1. The maximum atomic E-state index is 13.9. The first-order chi connectivity index (χ1) is 17.8. The van der Waals surface area contributed by atoms with E-state index in [-0.39, 0.29) is 40.2 Å². The van der Waals surface area contributed by atoms with Crippen molar-refractivity contribution in [1.82, 2.24) is 0 Å². The number of nitrogens with two attached hydrogens (primary N) is 1. The molecule has 0 aromatic heterocycles. The lowest BCUT2D eigenvalue weighted by Gasteiger charge is -2.41. The Morgan fingerprint density at radius 1 is 1.03 bits per heavy atom. The topological polar surface area (TPSA) is 113 Å². The summed E-state index contributed by atoms with van der Waals surface area (Å²) in [5.41, 5.74) is 9.51. The summed E-state index contributed by atoms with van der Waals surface area (Å²) in [6, 6.07) is 22.9. The first-order valence-corrected chi connectivity index (χ1v) is 12.3. The van der Waals surface area contributed by atoms with Crippen LogP contribution in [0.2, 0.25) is 10.0 Å². The second kappa shape index (κ2) is 9.74. The predicted octanol–water partition coefficient (Wildman–Crippen LogP) is 6.60. The largest absolute Gasteiger partial charge is 0.384 e. The Balaban J connectivity index is 1.76. The van der Waals surface area contributed by atoms with Gasteiger partial charge in [-0.05, 0) is 53.8 Å². The number of nitriles is 1. The average Bonchev–Trinajstić information content (AvgIpc) is 2.89. The minimum absolute atomic E-state index is 0.0996. The SMILES string of the molecule is N#CC1=C(N)N(c2ccc(Cl)cc2)C2=C(C(=O)C[C@@H](c3ccccc3)C2)[C@H]1c1cc([N+](=O)[O-])ccc1Cl. The fourth-order valence-corrected chi connectivity index (χ4v) is 5.51. The predicted molar refractivity (Wildman–Crippen MR) is 142 cm³/mol. The molecule has 184 valence electrons. The molecule has 9 heteroatoms. The van der Waals surface area contributed by atoms with Crippen LogP contribution in [0.4, 0.5) is 11.4 Å². The lowest BCUT2D eigenvalue weighted by atomic mass is 9.71. The maximum Gasteiger partial charge on any atom is 0.269 e. The minimum Gasteiger partial charge on any atom is -0.384 e. The van der Waals surface area contributed by atoms with Crippen LogP contribution in [0.1, 0.15) is 35.8 Å². The Morgan fingerprint density at radius 3 is 2.38 bits per heavy atom. The summed E-state index contributed by atoms with van der Waals surface area (Å²) in [7, 11) is 0. The Morgan fingerprint density at radius 2 is 1.73 bits per heavy atom. The van der Waals surface area contributed by atoms with E-state index in [1.807, 2.05) is 30.3 Å². The van der Waals surface area contributed by atoms with Crippen molar-refractivity contribution in [2.75, 3.05) is 4.90 Å². The summed E-state index contributed by atoms with van der Waals surface area (Å²) in [6.45, 7) is 0. The third kappa shape index (κ3) is 4.35. The summed E-state index contributed by atoms with van der Waals surface area (Å²) < 4.78 is 0. The smallest absolute Gasteiger partial charge is 0.269 e. The van der Waals surface area contributed by atoms with Crippen LogP contribution in [0.25, 0.3) is 0 Å². The molecule has 7 nitrogen and oxygen atoms in total. The second-order valence-electron chi connectivity index (χ2n) is 8.92. The standard InChI is InChI=1S/C28H20Cl2N4O3/c29-18-6-8-19(9-7-18)33-24-12-17(16-4-2-1-3-5-16)13-25(35)27(24)26(22(15-31)28(33)32)21-14-20(34(36)37)10-11-23(21)30/h1-11,14,17,26H,12-13,32H2/t17-,26-/m0/s1. The first-order valence-electron chi connectivity index (χ1n) is 11.5. The molecule has 0 bridgehead atoms. The molecule has 0 amide bonds. The van der Waals surface area contributed by atoms with Crippen molar-refractivity contribution >= 4 is 40.4 Å². The monoisotopic (exact) mass is 530 g/mol. The van der Waals surface area contributed by atoms with Crippen LogP contribution in [0.5, 0.6) is 0 Å². The molecule has 0 fully saturated rings. The third-order valence-corrected chi connectivity index (χ3v) is 7.42. The highest BCUT2D eigenvalue weighted by molar-refractivity contribution is 6.31. The summed E-state index contributed by atoms with van der Waals surface area (Å²) in [6.07, 6.45) is 0.690. The van der Waals surface area contributed by atoms with E-state index in [9.17, 15) is 20.2 Å². The van der Waals surface area contributed by atoms with Gasteiger partial charge in [0.2, 0.25) is 0 Å². The van der Waals surface area contributed by atoms with Gasteiger partial charge < -0.3 is 5.73 Å². The highest BCUT2D eigenvalue weighted by atomic mass is 35.5. The van der Waals surface area contributed by atoms with Crippen LogP contribution >= 0.6 is 23.2 Å². The van der Waals surface area contributed by atoms with Gasteiger partial charge in [-0.1, -0.05) is 53.5 Å². The summed E-state index contributed by atoms with van der Waals surface area (Å²) in [4.78, 5) is 26.6. The van der Waals surface area contributed by atoms with Crippen molar-refractivity contribution in [1.29, 1.82) is 5.26 Å². The number of halogens is 2. The fourth-order valence-electron chi connectivity index (χ4n) is 5.15. The number of ketones is 1. The number of allylic oxidation sites excluding steroid dienone is 3. The number of hydrogen-bond acceptors (Lipinski definition) is 6. The van der Waals surface area contributed by atoms with Crippen LogP contribution < -0.4 is 10.6 Å². The minimum atomic E-state index is -0.930. The Labute approximate surface area is 223 Å². The number of nitro groups is 1. The molecule has 2 atom stereocenters. The van der Waals surface area contributed by atoms with E-state index in [1.54, 1.807) is 29.2 Å². The number of benzene rings is 3. The van der Waals surface area contributed by atoms with Crippen molar-refractivity contribution < 1.29 is 9.72 Å². The number of anilines is 1. The molecule has 2 aliphatic rings. The van der Waals surface area contributed by atoms with E-state index in [1.165, 1.54) is 18.2 Å². The van der Waals surface area contributed by atoms with Crippen LogP contribution in [0.3, 0.4) is 0 Å². The molecule has 3 aromatic carbocycles. The van der Waals surface area contributed by atoms with Crippen LogP contribution in [-0.4, -0.2) is 10.7 Å². The van der Waals surface area contributed by atoms with Crippen LogP contribution in [0.15, 0.2) is 95.5 Å². The van der Waals surface area contributed by atoms with E-state index in [0.717, 1.165) is 5.56 Å². The fraction of sp³-hybridized carbons (Fsp3) is 0.143. The van der Waals surface area contributed by atoms with Gasteiger partial charge in [-0.15, -0.1) is 0 Å². The van der Waals surface area contributed by atoms with Gasteiger partial charge in [0.15, 0.2) is 5.78 Å². The highest BCUT2D eigenvalue weighted by Crippen LogP contribution is 2.50. The van der Waals surface area contributed by atoms with E-state index in [0.29, 0.717) is 34.0 Å². The van der Waals surface area contributed by atoms with E-state index in [2.05, 4.69) is 6.07 Å². The quantitative estimate of drug-likeness (QED) is 0.300. The van der Waals surface area contributed by atoms with Gasteiger partial charge in [-0.3, -0.25) is 19.8 Å². The number of hydrogen-bond donors (Lipinski definition) is 1. The molecule has 0 unspecified atom stereocenters. The lowest BCUT2D eigenvalue weighted by molar-refractivity contribution is -0.384. The molecule has 3 aromatic rings. The molecule has 2 N–H and O–H groups in total. The van der Waals surface area contributed by atoms with Crippen molar-refractivity contribution in [2.45, 2.75) is 24.7 Å². The number of Topliss-reactive ketones (excluding diaryl/α,β-unsaturated/α-hetero) is 1. The van der Waals surface area contributed by atoms with Gasteiger partial charge in [-0.25, -0.2) is 0 Å². The molecule has 1 aliphatic heterocycles. The first kappa shape index (κ1) is 24.6. The maximum absolute atomic E-state index is 13.9. The zero-order chi connectivity index (χ0) is 26.3. The Bertz CT molecular complexity index is 1530. The molecule has 0 saturated heterocycles. The zero-order valence-electron chi connectivity index (χ0n) is 19.4. The van der Waals surface area contributed by atoms with Crippen molar-refractivity contribution in [3.05, 3.63) is 127 Å². The summed E-state index contributed by atoms with van der Waals surface area (Å²) >= 11 is 12.6. The summed E-state index contributed by atoms with van der Waals surface area (Å²) in [5, 5.41) is 22.5. The molecular formula is C28H20Cl2N4O3. The number of nitrogens with zero attached hydrogens (tertiary/aromatic N) is 3. The van der Waals surface area contributed by atoms with E-state index >= 15 is 0 Å². The highest BCUT2D eigenvalue weighted by Gasteiger charge is 2.43. The van der Waals surface area contributed by atoms with Crippen molar-refractivity contribution in [2.24, 2.45) is 5.73 Å². The summed E-state index contributed by atoms with van der Waals surface area (Å²) in [5.74, 6) is -1.07. The van der Waals surface area contributed by atoms with Crippen LogP contribution in [-0.2, 0) is 4.79 Å². The third-order valence-electron chi connectivity index (χ3n) is 6.82. The lowest BCUT2D eigenvalue weighted by Crippen LogP contribution is -2.40. The van der Waals surface area contributed by atoms with Gasteiger partial charge in [0, 0.05) is 45.6 Å².